The normalized spacial score (nSPS) is 34.9. The summed E-state index contributed by atoms with van der Waals surface area (Å²) in [7, 11) is 0. The standard InChI is InChI=1S/C30H38N4O4/c35-26(34-15-23-2-1-7-29(23,18-34)17-32-27(36)25-14-31-28(37)33-25)16-38-24-5-3-22(4-6-24)30-11-19-8-20(12-30)10-21(9-19)13-30/h3-6,14,19-21,23H,1-2,7-13,15-18H2,(H,32,36)(H2,31,33,37)/t19?,20?,21?,23-,29-,30?/m0/s1. The quantitative estimate of drug-likeness (QED) is 0.521. The van der Waals surface area contributed by atoms with Crippen LogP contribution >= 0.6 is 0 Å². The van der Waals surface area contributed by atoms with Gasteiger partial charge in [0.25, 0.3) is 11.8 Å². The molecule has 2 heterocycles. The van der Waals surface area contributed by atoms with Gasteiger partial charge in [0.05, 0.1) is 0 Å². The van der Waals surface area contributed by atoms with Crippen molar-refractivity contribution >= 4 is 11.8 Å². The van der Waals surface area contributed by atoms with E-state index in [1.807, 2.05) is 4.90 Å². The molecule has 0 unspecified atom stereocenters. The van der Waals surface area contributed by atoms with Gasteiger partial charge in [-0.05, 0) is 98.1 Å². The number of amides is 2. The molecule has 0 radical (unpaired) electrons. The van der Waals surface area contributed by atoms with Gasteiger partial charge in [0.15, 0.2) is 6.61 Å². The third kappa shape index (κ3) is 4.16. The Morgan fingerprint density at radius 3 is 2.42 bits per heavy atom. The summed E-state index contributed by atoms with van der Waals surface area (Å²) in [4.78, 5) is 43.8. The number of hydrogen-bond donors (Lipinski definition) is 3. The summed E-state index contributed by atoms with van der Waals surface area (Å²) in [6.45, 7) is 1.88. The van der Waals surface area contributed by atoms with E-state index in [0.29, 0.717) is 31.0 Å². The highest BCUT2D eigenvalue weighted by molar-refractivity contribution is 5.92. The van der Waals surface area contributed by atoms with Gasteiger partial charge in [-0.1, -0.05) is 18.6 Å². The molecule has 1 saturated heterocycles. The van der Waals surface area contributed by atoms with Crippen molar-refractivity contribution < 1.29 is 14.3 Å². The van der Waals surface area contributed by atoms with E-state index in [9.17, 15) is 14.4 Å². The molecule has 38 heavy (non-hydrogen) atoms. The number of imidazole rings is 1. The van der Waals surface area contributed by atoms with Gasteiger partial charge in [-0.25, -0.2) is 4.79 Å². The Labute approximate surface area is 222 Å². The van der Waals surface area contributed by atoms with Crippen molar-refractivity contribution in [1.82, 2.24) is 20.2 Å². The van der Waals surface area contributed by atoms with Crippen LogP contribution in [0, 0.1) is 29.1 Å². The number of nitrogens with zero attached hydrogens (tertiary/aromatic N) is 1. The van der Waals surface area contributed by atoms with E-state index in [0.717, 1.165) is 42.8 Å². The van der Waals surface area contributed by atoms with Gasteiger partial charge in [0, 0.05) is 31.2 Å². The molecule has 202 valence electrons. The number of nitrogens with one attached hydrogen (secondary N) is 3. The molecule has 6 fully saturated rings. The molecule has 8 nitrogen and oxygen atoms in total. The minimum absolute atomic E-state index is 0.00484. The lowest BCUT2D eigenvalue weighted by molar-refractivity contribution is -0.132. The highest BCUT2D eigenvalue weighted by atomic mass is 16.5. The number of ether oxygens (including phenoxy) is 1. The molecule has 1 aliphatic heterocycles. The van der Waals surface area contributed by atoms with Crippen LogP contribution in [-0.2, 0) is 10.2 Å². The first-order valence-electron chi connectivity index (χ1n) is 14.5. The van der Waals surface area contributed by atoms with Crippen molar-refractivity contribution in [1.29, 1.82) is 0 Å². The summed E-state index contributed by atoms with van der Waals surface area (Å²) >= 11 is 0. The largest absolute Gasteiger partial charge is 0.484 e. The molecular formula is C30H38N4O4. The van der Waals surface area contributed by atoms with Crippen LogP contribution in [0.25, 0.3) is 0 Å². The fraction of sp³-hybridized carbons (Fsp3) is 0.633. The van der Waals surface area contributed by atoms with Crippen LogP contribution in [0.4, 0.5) is 0 Å². The Bertz CT molecular complexity index is 1240. The Hall–Kier alpha value is -3.03. The summed E-state index contributed by atoms with van der Waals surface area (Å²) in [6, 6.07) is 8.62. The second-order valence-electron chi connectivity index (χ2n) is 13.1. The zero-order chi connectivity index (χ0) is 25.9. The molecule has 3 N–H and O–H groups in total. The van der Waals surface area contributed by atoms with E-state index in [-0.39, 0.29) is 29.5 Å². The molecule has 1 aromatic heterocycles. The molecule has 0 spiro atoms. The van der Waals surface area contributed by atoms with Gasteiger partial charge < -0.3 is 24.9 Å². The van der Waals surface area contributed by atoms with E-state index in [2.05, 4.69) is 39.6 Å². The number of carbonyl (C=O) groups excluding carboxylic acids is 2. The molecule has 8 rings (SSSR count). The topological polar surface area (TPSA) is 107 Å². The molecular weight excluding hydrogens is 480 g/mol. The van der Waals surface area contributed by atoms with E-state index in [1.165, 1.54) is 50.3 Å². The second-order valence-corrected chi connectivity index (χ2v) is 13.1. The molecule has 6 aliphatic rings. The number of carbonyl (C=O) groups is 2. The van der Waals surface area contributed by atoms with Crippen molar-refractivity contribution in [3.05, 3.63) is 52.2 Å². The van der Waals surface area contributed by atoms with Gasteiger partial charge in [-0.15, -0.1) is 0 Å². The first-order valence-corrected chi connectivity index (χ1v) is 14.5. The van der Waals surface area contributed by atoms with Gasteiger partial charge in [0.2, 0.25) is 0 Å². The van der Waals surface area contributed by atoms with Crippen molar-refractivity contribution in [3.63, 3.8) is 0 Å². The van der Waals surface area contributed by atoms with Crippen LogP contribution in [0.1, 0.15) is 73.8 Å². The average molecular weight is 519 g/mol. The predicted octanol–water partition coefficient (Wildman–Crippen LogP) is 3.61. The SMILES string of the molecule is O=C(NC[C@]12CCC[C@H]1CN(C(=O)COc1ccc(C34CC5CC(CC(C5)C3)C4)cc1)C2)c1c[nH]c(=O)[nH]1. The van der Waals surface area contributed by atoms with Gasteiger partial charge >= 0.3 is 5.69 Å². The lowest BCUT2D eigenvalue weighted by atomic mass is 9.48. The molecule has 1 aromatic carbocycles. The van der Waals surface area contributed by atoms with Crippen LogP contribution in [0.5, 0.6) is 5.75 Å². The number of aromatic nitrogens is 2. The highest BCUT2D eigenvalue weighted by Gasteiger charge is 2.52. The molecule has 4 bridgehead atoms. The fourth-order valence-corrected chi connectivity index (χ4v) is 9.30. The average Bonchev–Trinajstić information content (AvgIpc) is 3.60. The van der Waals surface area contributed by atoms with E-state index < -0.39 is 5.69 Å². The van der Waals surface area contributed by atoms with E-state index >= 15 is 0 Å². The minimum atomic E-state index is -0.396. The van der Waals surface area contributed by atoms with Crippen LogP contribution < -0.4 is 15.7 Å². The Kier molecular flexibility index (Phi) is 5.71. The lowest BCUT2D eigenvalue weighted by Crippen LogP contribution is -2.48. The number of H-pyrrole nitrogens is 2. The lowest BCUT2D eigenvalue weighted by Gasteiger charge is -2.57. The summed E-state index contributed by atoms with van der Waals surface area (Å²) in [6.07, 6.45) is 12.9. The number of aromatic amines is 2. The van der Waals surface area contributed by atoms with Crippen molar-refractivity contribution in [2.45, 2.75) is 63.2 Å². The summed E-state index contributed by atoms with van der Waals surface area (Å²) in [5.74, 6) is 3.60. The summed E-state index contributed by atoms with van der Waals surface area (Å²) < 4.78 is 5.97. The fourth-order valence-electron chi connectivity index (χ4n) is 9.30. The maximum absolute atomic E-state index is 13.1. The highest BCUT2D eigenvalue weighted by Crippen LogP contribution is 2.60. The van der Waals surface area contributed by atoms with Gasteiger partial charge in [-0.2, -0.15) is 0 Å². The molecule has 2 amide bonds. The number of hydrogen-bond acceptors (Lipinski definition) is 4. The zero-order valence-corrected chi connectivity index (χ0v) is 22.0. The van der Waals surface area contributed by atoms with Gasteiger partial charge in [0.1, 0.15) is 11.4 Å². The maximum Gasteiger partial charge on any atom is 0.323 e. The second kappa shape index (κ2) is 9.02. The number of likely N-dealkylation sites (tertiary alicyclic amines) is 1. The predicted molar refractivity (Wildman–Crippen MR) is 142 cm³/mol. The molecule has 5 aliphatic carbocycles. The van der Waals surface area contributed by atoms with Crippen LogP contribution in [0.15, 0.2) is 35.3 Å². The van der Waals surface area contributed by atoms with E-state index in [4.69, 9.17) is 4.74 Å². The van der Waals surface area contributed by atoms with Crippen molar-refractivity contribution in [3.8, 4) is 5.75 Å². The Morgan fingerprint density at radius 1 is 1.05 bits per heavy atom. The number of rotatable bonds is 7. The minimum Gasteiger partial charge on any atom is -0.484 e. The maximum atomic E-state index is 13.1. The number of benzene rings is 1. The van der Waals surface area contributed by atoms with Crippen molar-refractivity contribution in [2.75, 3.05) is 26.2 Å². The first-order chi connectivity index (χ1) is 18.4. The third-order valence-electron chi connectivity index (χ3n) is 10.7. The van der Waals surface area contributed by atoms with Crippen molar-refractivity contribution in [2.24, 2.45) is 29.1 Å². The Balaban J connectivity index is 0.948. The van der Waals surface area contributed by atoms with Gasteiger partial charge in [-0.3, -0.25) is 9.59 Å². The molecule has 2 aromatic rings. The molecule has 2 atom stereocenters. The van der Waals surface area contributed by atoms with E-state index in [1.54, 1.807) is 0 Å². The molecule has 8 heteroatoms. The summed E-state index contributed by atoms with van der Waals surface area (Å²) in [5, 5.41) is 2.99. The van der Waals surface area contributed by atoms with Crippen LogP contribution in [0.2, 0.25) is 0 Å². The third-order valence-corrected chi connectivity index (χ3v) is 10.7. The monoisotopic (exact) mass is 518 g/mol. The van der Waals surface area contributed by atoms with Crippen LogP contribution in [-0.4, -0.2) is 52.9 Å². The first kappa shape index (κ1) is 24.0. The Morgan fingerprint density at radius 2 is 1.76 bits per heavy atom. The van der Waals surface area contributed by atoms with Crippen LogP contribution in [0.3, 0.4) is 0 Å². The summed E-state index contributed by atoms with van der Waals surface area (Å²) in [5.41, 5.74) is 1.56. The smallest absolute Gasteiger partial charge is 0.323 e. The zero-order valence-electron chi connectivity index (χ0n) is 22.0. The number of fused-ring (bicyclic) bond motifs is 1. The molecule has 5 saturated carbocycles.